The van der Waals surface area contributed by atoms with Gasteiger partial charge in [0.2, 0.25) is 10.0 Å². The highest BCUT2D eigenvalue weighted by molar-refractivity contribution is 7.89. The molecule has 0 N–H and O–H groups in total. The molecular weight excluding hydrogens is 398 g/mol. The van der Waals surface area contributed by atoms with Crippen molar-refractivity contribution in [2.24, 2.45) is 7.05 Å². The summed E-state index contributed by atoms with van der Waals surface area (Å²) in [5, 5.41) is 0. The van der Waals surface area contributed by atoms with Gasteiger partial charge < -0.3 is 9.47 Å². The average molecular weight is 428 g/mol. The molecule has 4 rings (SSSR count). The molecule has 30 heavy (non-hydrogen) atoms. The number of benzene rings is 1. The lowest BCUT2D eigenvalue weighted by Crippen LogP contribution is -2.36. The van der Waals surface area contributed by atoms with E-state index in [2.05, 4.69) is 12.1 Å². The van der Waals surface area contributed by atoms with Crippen LogP contribution in [0.3, 0.4) is 0 Å². The van der Waals surface area contributed by atoms with Crippen molar-refractivity contribution in [1.29, 1.82) is 0 Å². The van der Waals surface area contributed by atoms with E-state index in [-0.39, 0.29) is 10.8 Å². The van der Waals surface area contributed by atoms with Gasteiger partial charge in [-0.3, -0.25) is 4.79 Å². The second kappa shape index (κ2) is 8.40. The van der Waals surface area contributed by atoms with Gasteiger partial charge in [0.25, 0.3) is 5.91 Å². The van der Waals surface area contributed by atoms with Gasteiger partial charge in [-0.15, -0.1) is 0 Å². The third kappa shape index (κ3) is 3.84. The first kappa shape index (κ1) is 20.9. The number of piperidine rings is 1. The summed E-state index contributed by atoms with van der Waals surface area (Å²) < 4.78 is 30.0. The Kier molecular flexibility index (Phi) is 5.84. The highest BCUT2D eigenvalue weighted by Gasteiger charge is 2.32. The number of likely N-dealkylation sites (tertiary alicyclic amines) is 1. The number of carbonyl (C=O) groups is 1. The van der Waals surface area contributed by atoms with E-state index >= 15 is 0 Å². The Bertz CT molecular complexity index is 1060. The molecule has 2 aliphatic heterocycles. The summed E-state index contributed by atoms with van der Waals surface area (Å²) in [5.41, 5.74) is 3.37. The fourth-order valence-corrected chi connectivity index (χ4v) is 5.97. The van der Waals surface area contributed by atoms with Gasteiger partial charge in [-0.25, -0.2) is 8.42 Å². The maximum Gasteiger partial charge on any atom is 0.270 e. The minimum Gasteiger partial charge on any atom is -0.343 e. The lowest BCUT2D eigenvalue weighted by Gasteiger charge is -2.26. The van der Waals surface area contributed by atoms with Gasteiger partial charge in [0.1, 0.15) is 10.6 Å². The van der Waals surface area contributed by atoms with Crippen LogP contribution in [0.4, 0.5) is 0 Å². The zero-order valence-electron chi connectivity index (χ0n) is 17.7. The Hall–Kier alpha value is -2.38. The number of nitrogens with zero attached hydrogens (tertiary/aromatic N) is 3. The quantitative estimate of drug-likeness (QED) is 0.751. The van der Waals surface area contributed by atoms with Crippen LogP contribution < -0.4 is 0 Å². The van der Waals surface area contributed by atoms with Crippen LogP contribution in [0, 0.1) is 6.92 Å². The molecule has 0 bridgehead atoms. The predicted octanol–water partition coefficient (Wildman–Crippen LogP) is 3.44. The molecule has 1 aromatic carbocycles. The standard InChI is InChI=1S/C23H29N3O3S/c1-18-22(17-21(24(18)2)23(27)25-13-7-4-8-14-25)30(28,29)26-15-11-20(12-16-26)19-9-5-3-6-10-19/h3,5-6,9-11,17H,4,7-8,12-16H2,1-2H3. The van der Waals surface area contributed by atoms with E-state index in [1.165, 1.54) is 9.88 Å². The third-order valence-electron chi connectivity index (χ3n) is 6.29. The van der Waals surface area contributed by atoms with Crippen LogP contribution in [0.25, 0.3) is 5.57 Å². The van der Waals surface area contributed by atoms with Crippen molar-refractivity contribution in [1.82, 2.24) is 13.8 Å². The number of amides is 1. The van der Waals surface area contributed by atoms with Crippen LogP contribution in [-0.4, -0.2) is 54.3 Å². The lowest BCUT2D eigenvalue weighted by atomic mass is 10.0. The number of aromatic nitrogens is 1. The molecule has 2 aliphatic rings. The second-order valence-electron chi connectivity index (χ2n) is 8.10. The summed E-state index contributed by atoms with van der Waals surface area (Å²) in [6.45, 7) is 4.03. The van der Waals surface area contributed by atoms with Crippen molar-refractivity contribution < 1.29 is 13.2 Å². The number of sulfonamides is 1. The molecule has 0 spiro atoms. The number of carbonyl (C=O) groups excluding carboxylic acids is 1. The molecule has 1 saturated heterocycles. The molecule has 0 saturated carbocycles. The van der Waals surface area contributed by atoms with Crippen LogP contribution in [0.5, 0.6) is 0 Å². The zero-order valence-corrected chi connectivity index (χ0v) is 18.5. The molecule has 0 aliphatic carbocycles. The molecule has 0 unspecified atom stereocenters. The smallest absolute Gasteiger partial charge is 0.270 e. The molecule has 160 valence electrons. The fourth-order valence-electron chi connectivity index (χ4n) is 4.32. The molecule has 2 aromatic rings. The molecule has 1 aromatic heterocycles. The topological polar surface area (TPSA) is 62.6 Å². The van der Waals surface area contributed by atoms with Crippen LogP contribution >= 0.6 is 0 Å². The molecule has 0 radical (unpaired) electrons. The van der Waals surface area contributed by atoms with E-state index < -0.39 is 10.0 Å². The summed E-state index contributed by atoms with van der Waals surface area (Å²) in [5.74, 6) is -0.0772. The first-order valence-corrected chi connectivity index (χ1v) is 12.0. The highest BCUT2D eigenvalue weighted by atomic mass is 32.2. The Morgan fingerprint density at radius 2 is 1.70 bits per heavy atom. The normalized spacial score (nSPS) is 18.3. The van der Waals surface area contributed by atoms with Crippen LogP contribution in [0.15, 0.2) is 47.4 Å². The Labute approximate surface area is 178 Å². The Balaban J connectivity index is 1.58. The number of rotatable bonds is 4. The summed E-state index contributed by atoms with van der Waals surface area (Å²) in [7, 11) is -1.89. The maximum absolute atomic E-state index is 13.4. The van der Waals surface area contributed by atoms with Crippen molar-refractivity contribution in [2.45, 2.75) is 37.5 Å². The van der Waals surface area contributed by atoms with Gasteiger partial charge in [0.15, 0.2) is 0 Å². The summed E-state index contributed by atoms with van der Waals surface area (Å²) in [4.78, 5) is 15.1. The molecule has 7 heteroatoms. The molecule has 1 amide bonds. The van der Waals surface area contributed by atoms with Gasteiger partial charge in [-0.1, -0.05) is 36.4 Å². The van der Waals surface area contributed by atoms with E-state index in [0.29, 0.717) is 30.9 Å². The first-order chi connectivity index (χ1) is 14.4. The summed E-state index contributed by atoms with van der Waals surface area (Å²) in [6, 6.07) is 11.6. The average Bonchev–Trinajstić information content (AvgIpc) is 3.10. The Morgan fingerprint density at radius 3 is 2.33 bits per heavy atom. The van der Waals surface area contributed by atoms with Crippen molar-refractivity contribution in [3.63, 3.8) is 0 Å². The Morgan fingerprint density at radius 1 is 1.00 bits per heavy atom. The molecule has 1 fully saturated rings. The number of hydrogen-bond acceptors (Lipinski definition) is 3. The molecule has 6 nitrogen and oxygen atoms in total. The number of hydrogen-bond donors (Lipinski definition) is 0. The molecule has 0 atom stereocenters. The minimum absolute atomic E-state index is 0.0772. The van der Waals surface area contributed by atoms with Gasteiger partial charge in [0.05, 0.1) is 0 Å². The van der Waals surface area contributed by atoms with Gasteiger partial charge >= 0.3 is 0 Å². The maximum atomic E-state index is 13.4. The van der Waals surface area contributed by atoms with E-state index in [4.69, 9.17) is 0 Å². The van der Waals surface area contributed by atoms with Crippen molar-refractivity contribution in [3.05, 3.63) is 59.4 Å². The summed E-state index contributed by atoms with van der Waals surface area (Å²) >= 11 is 0. The van der Waals surface area contributed by atoms with Crippen molar-refractivity contribution in [3.8, 4) is 0 Å². The fraction of sp³-hybridized carbons (Fsp3) is 0.435. The van der Waals surface area contributed by atoms with Crippen LogP contribution in [-0.2, 0) is 17.1 Å². The first-order valence-electron chi connectivity index (χ1n) is 10.6. The molecular formula is C23H29N3O3S. The third-order valence-corrected chi connectivity index (χ3v) is 8.27. The molecule has 3 heterocycles. The van der Waals surface area contributed by atoms with Gasteiger partial charge in [0, 0.05) is 38.9 Å². The SMILES string of the molecule is Cc1c(S(=O)(=O)N2CC=C(c3ccccc3)CC2)cc(C(=O)N2CCCCC2)n1C. The predicted molar refractivity (Wildman–Crippen MR) is 118 cm³/mol. The van der Waals surface area contributed by atoms with E-state index in [9.17, 15) is 13.2 Å². The minimum atomic E-state index is -3.67. The zero-order chi connectivity index (χ0) is 21.3. The summed E-state index contributed by atoms with van der Waals surface area (Å²) in [6.07, 6.45) is 5.82. The van der Waals surface area contributed by atoms with Crippen LogP contribution in [0.1, 0.15) is 47.4 Å². The largest absolute Gasteiger partial charge is 0.343 e. The van der Waals surface area contributed by atoms with E-state index in [1.807, 2.05) is 29.2 Å². The lowest BCUT2D eigenvalue weighted by molar-refractivity contribution is 0.0714. The van der Waals surface area contributed by atoms with Crippen LogP contribution in [0.2, 0.25) is 0 Å². The monoisotopic (exact) mass is 427 g/mol. The van der Waals surface area contributed by atoms with Gasteiger partial charge in [-0.05, 0) is 49.8 Å². The van der Waals surface area contributed by atoms with Crippen molar-refractivity contribution >= 4 is 21.5 Å². The van der Waals surface area contributed by atoms with E-state index in [1.54, 1.807) is 24.6 Å². The second-order valence-corrected chi connectivity index (χ2v) is 10.0. The van der Waals surface area contributed by atoms with Crippen molar-refractivity contribution in [2.75, 3.05) is 26.2 Å². The van der Waals surface area contributed by atoms with Gasteiger partial charge in [-0.2, -0.15) is 4.31 Å². The van der Waals surface area contributed by atoms with E-state index in [0.717, 1.165) is 37.9 Å². The highest BCUT2D eigenvalue weighted by Crippen LogP contribution is 2.29.